The molecule has 0 aliphatic heterocycles. The molecule has 0 unspecified atom stereocenters. The van der Waals surface area contributed by atoms with Crippen LogP contribution in [-0.2, 0) is 6.42 Å². The summed E-state index contributed by atoms with van der Waals surface area (Å²) in [5.41, 5.74) is 1.90. The van der Waals surface area contributed by atoms with Gasteiger partial charge in [0.05, 0.1) is 0 Å². The molecule has 14 saturated carbocycles. The molecule has 3 aromatic heterocycles. The molecule has 0 radical (unpaired) electrons. The molecular formula is C91H157N21. The lowest BCUT2D eigenvalue weighted by molar-refractivity contribution is 0.0102. The van der Waals surface area contributed by atoms with E-state index in [1.807, 2.05) is 0 Å². The number of hydrogen-bond donors (Lipinski definition) is 9. The second-order valence-corrected chi connectivity index (χ2v) is 37.7. The van der Waals surface area contributed by atoms with Crippen molar-refractivity contribution in [1.82, 2.24) is 59.6 Å². The van der Waals surface area contributed by atoms with Crippen LogP contribution in [0, 0.1) is 59.2 Å². The SMILES string of the molecule is C.CCCCN(CCCC)CCCNc1nc(NC2CCCCCC2)nc(NC23CC4CC(CC(C4)C2)C3)n1.CCCCN(CCCC)CCCNc1nc(NCC2CCCCC2)nc(NC23CC4CC(CC(C4)C2)C3)n1.CCN(CC)CCCNc1nc(NCCc2ccccc2)nc(NC23CC4CC(CC(C4)C2)C3)n1. The highest BCUT2D eigenvalue weighted by molar-refractivity contribution is 5.47. The number of nitrogens with one attached hydrogen (secondary N) is 9. The van der Waals surface area contributed by atoms with Crippen molar-refractivity contribution in [3.05, 3.63) is 35.9 Å². The molecule has 14 fully saturated rings. The molecule has 112 heavy (non-hydrogen) atoms. The summed E-state index contributed by atoms with van der Waals surface area (Å²) < 4.78 is 0. The Kier molecular flexibility index (Phi) is 33.3. The molecule has 18 rings (SSSR count). The van der Waals surface area contributed by atoms with Gasteiger partial charge in [-0.1, -0.05) is 150 Å². The number of hydrogen-bond acceptors (Lipinski definition) is 21. The van der Waals surface area contributed by atoms with Crippen molar-refractivity contribution in [3.8, 4) is 0 Å². The van der Waals surface area contributed by atoms with Crippen molar-refractivity contribution >= 4 is 53.5 Å². The van der Waals surface area contributed by atoms with Gasteiger partial charge in [0.2, 0.25) is 53.5 Å². The molecule has 14 aliphatic carbocycles. The van der Waals surface area contributed by atoms with Crippen LogP contribution in [0.1, 0.15) is 311 Å². The molecule has 626 valence electrons. The summed E-state index contributed by atoms with van der Waals surface area (Å²) in [7, 11) is 0. The summed E-state index contributed by atoms with van der Waals surface area (Å²) in [5, 5.41) is 33.1. The zero-order valence-corrected chi connectivity index (χ0v) is 70.5. The van der Waals surface area contributed by atoms with E-state index in [0.717, 1.165) is 192 Å². The molecule has 1 aromatic carbocycles. The zero-order chi connectivity index (χ0) is 76.5. The predicted octanol–water partition coefficient (Wildman–Crippen LogP) is 19.7. The first kappa shape index (κ1) is 85.7. The average Bonchev–Trinajstić information content (AvgIpc) is 0.814. The average molecular weight is 1550 g/mol. The number of nitrogens with zero attached hydrogens (tertiary/aromatic N) is 12. The molecule has 0 atom stereocenters. The Morgan fingerprint density at radius 1 is 0.321 bits per heavy atom. The smallest absolute Gasteiger partial charge is 0.229 e. The van der Waals surface area contributed by atoms with Gasteiger partial charge in [0.15, 0.2) is 0 Å². The number of benzene rings is 1. The van der Waals surface area contributed by atoms with Crippen LogP contribution in [0.2, 0.25) is 0 Å². The molecule has 21 nitrogen and oxygen atoms in total. The van der Waals surface area contributed by atoms with E-state index in [2.05, 4.69) is 134 Å². The van der Waals surface area contributed by atoms with Gasteiger partial charge in [-0.15, -0.1) is 0 Å². The van der Waals surface area contributed by atoms with E-state index in [1.54, 1.807) is 0 Å². The van der Waals surface area contributed by atoms with E-state index in [-0.39, 0.29) is 24.0 Å². The highest BCUT2D eigenvalue weighted by Gasteiger charge is 2.54. The molecule has 0 spiro atoms. The van der Waals surface area contributed by atoms with Crippen LogP contribution in [0.15, 0.2) is 30.3 Å². The van der Waals surface area contributed by atoms with Gasteiger partial charge < -0.3 is 62.6 Å². The summed E-state index contributed by atoms with van der Waals surface area (Å²) in [5.74, 6) is 15.4. The minimum Gasteiger partial charge on any atom is -0.354 e. The van der Waals surface area contributed by atoms with Gasteiger partial charge in [-0.25, -0.2) is 0 Å². The Hall–Kier alpha value is -5.67. The van der Waals surface area contributed by atoms with Gasteiger partial charge in [-0.05, 0) is 316 Å². The Labute approximate surface area is 678 Å². The lowest BCUT2D eigenvalue weighted by Gasteiger charge is -2.56. The Morgan fingerprint density at radius 2 is 0.616 bits per heavy atom. The van der Waals surface area contributed by atoms with Gasteiger partial charge in [-0.2, -0.15) is 44.9 Å². The summed E-state index contributed by atoms with van der Waals surface area (Å²) in [4.78, 5) is 51.6. The monoisotopic (exact) mass is 1540 g/mol. The van der Waals surface area contributed by atoms with Crippen LogP contribution < -0.4 is 47.9 Å². The van der Waals surface area contributed by atoms with Crippen LogP contribution >= 0.6 is 0 Å². The van der Waals surface area contributed by atoms with Crippen LogP contribution in [0.5, 0.6) is 0 Å². The molecule has 21 heteroatoms. The van der Waals surface area contributed by atoms with Crippen molar-refractivity contribution in [2.24, 2.45) is 59.2 Å². The maximum absolute atomic E-state index is 4.97. The normalized spacial score (nSPS) is 27.9. The van der Waals surface area contributed by atoms with Crippen LogP contribution in [-0.4, -0.2) is 174 Å². The Morgan fingerprint density at radius 3 is 0.973 bits per heavy atom. The van der Waals surface area contributed by atoms with Crippen LogP contribution in [0.25, 0.3) is 0 Å². The van der Waals surface area contributed by atoms with Crippen molar-refractivity contribution in [2.45, 2.75) is 335 Å². The highest BCUT2D eigenvalue weighted by Crippen LogP contribution is 2.59. The highest BCUT2D eigenvalue weighted by atomic mass is 15.3. The number of aromatic nitrogens is 9. The van der Waals surface area contributed by atoms with Gasteiger partial charge in [0, 0.05) is 55.4 Å². The fourth-order valence-electron chi connectivity index (χ4n) is 23.7. The molecule has 14 aliphatic rings. The van der Waals surface area contributed by atoms with E-state index < -0.39 is 0 Å². The number of anilines is 9. The lowest BCUT2D eigenvalue weighted by Crippen LogP contribution is -2.55. The lowest BCUT2D eigenvalue weighted by atomic mass is 9.53. The zero-order valence-electron chi connectivity index (χ0n) is 70.5. The minimum atomic E-state index is 0. The van der Waals surface area contributed by atoms with Crippen molar-refractivity contribution < 1.29 is 0 Å². The van der Waals surface area contributed by atoms with Gasteiger partial charge in [0.25, 0.3) is 0 Å². The third-order valence-corrected chi connectivity index (χ3v) is 28.2. The largest absolute Gasteiger partial charge is 0.354 e. The summed E-state index contributed by atoms with van der Waals surface area (Å²) in [6, 6.07) is 11.0. The number of rotatable bonds is 44. The van der Waals surface area contributed by atoms with Gasteiger partial charge in [-0.3, -0.25) is 0 Å². The standard InChI is InChI=1S/2C31H55N7.C28H43N7.CH4/c1-3-5-14-38(15-6-4-2)16-10-13-32-28-34-29(33-23-24-11-8-7-9-12-24)36-30(35-28)37-31-20-25-17-26(21-31)19-27(18-25)22-31;1-3-5-15-38(16-6-4-2)17-11-14-32-28-34-29(33-27-12-9-7-8-10-13-27)36-30(35-28)37-31-21-24-18-25(22-31)20-26(19-24)23-31;1-3-35(4-2)14-8-12-29-25-31-26(30-13-11-21-9-6-5-7-10-21)33-27(32-25)34-28-18-22-15-23(19-28)17-24(16-22)20-28;/h2*24-27H,3-23H2,1-2H3,(H3,32,33,34,35,36,37);5-7,9-10,22-24H,3-4,8,11-20H2,1-2H3,(H3,29,30,31,32,33,34);1H4. The van der Waals surface area contributed by atoms with E-state index in [9.17, 15) is 0 Å². The van der Waals surface area contributed by atoms with Crippen molar-refractivity contribution in [3.63, 3.8) is 0 Å². The number of unbranched alkanes of at least 4 members (excludes halogenated alkanes) is 4. The molecular weight excluding hydrogens is 1390 g/mol. The Bertz CT molecular complexity index is 3210. The van der Waals surface area contributed by atoms with Crippen molar-refractivity contribution in [1.29, 1.82) is 0 Å². The molecule has 0 amide bonds. The molecule has 4 aromatic rings. The maximum atomic E-state index is 4.97. The minimum absolute atomic E-state index is 0. The second-order valence-electron chi connectivity index (χ2n) is 37.7. The first-order valence-electron chi connectivity index (χ1n) is 46.7. The maximum Gasteiger partial charge on any atom is 0.229 e. The van der Waals surface area contributed by atoms with Crippen LogP contribution in [0.4, 0.5) is 53.5 Å². The topological polar surface area (TPSA) is 234 Å². The first-order valence-corrected chi connectivity index (χ1v) is 46.7. The van der Waals surface area contributed by atoms with E-state index in [1.165, 1.54) is 269 Å². The van der Waals surface area contributed by atoms with Crippen LogP contribution in [0.3, 0.4) is 0 Å². The fraction of sp³-hybridized carbons (Fsp3) is 0.835. The third-order valence-electron chi connectivity index (χ3n) is 28.2. The summed E-state index contributed by atoms with van der Waals surface area (Å²) >= 11 is 0. The molecule has 3 heterocycles. The van der Waals surface area contributed by atoms with E-state index in [4.69, 9.17) is 44.9 Å². The molecule has 0 saturated heterocycles. The van der Waals surface area contributed by atoms with Gasteiger partial charge in [0.1, 0.15) is 0 Å². The first-order chi connectivity index (χ1) is 54.4. The third kappa shape index (κ3) is 25.9. The summed E-state index contributed by atoms with van der Waals surface area (Å²) in [6.07, 6.45) is 53.6. The summed E-state index contributed by atoms with van der Waals surface area (Å²) in [6.45, 7) is 28.5. The Balaban J connectivity index is 0.000000155. The quantitative estimate of drug-likeness (QED) is 0.0148. The van der Waals surface area contributed by atoms with Gasteiger partial charge >= 0.3 is 0 Å². The van der Waals surface area contributed by atoms with E-state index >= 15 is 0 Å². The second kappa shape index (κ2) is 43.5. The fourth-order valence-corrected chi connectivity index (χ4v) is 23.7. The molecule has 9 N–H and O–H groups in total. The predicted molar refractivity (Wildman–Crippen MR) is 468 cm³/mol. The molecule has 12 bridgehead atoms. The van der Waals surface area contributed by atoms with E-state index in [0.29, 0.717) is 17.9 Å². The van der Waals surface area contributed by atoms with Crippen molar-refractivity contribution in [2.75, 3.05) is 139 Å².